The van der Waals surface area contributed by atoms with Crippen LogP contribution >= 0.6 is 0 Å². The molecule has 0 amide bonds. The maximum absolute atomic E-state index is 10.5. The van der Waals surface area contributed by atoms with Crippen LogP contribution in [0.25, 0.3) is 0 Å². The molecule has 2 rings (SSSR count). The minimum atomic E-state index is -0.429. The normalized spacial score (nSPS) is 20.8. The molecule has 20 heavy (non-hydrogen) atoms. The molecule has 4 nitrogen and oxygen atoms in total. The number of carbonyl (C=O) groups excluding carboxylic acids is 1. The summed E-state index contributed by atoms with van der Waals surface area (Å²) in [6, 6.07) is 7.16. The summed E-state index contributed by atoms with van der Waals surface area (Å²) in [7, 11) is 0. The minimum absolute atomic E-state index is 0.205. The Hall–Kier alpha value is -1.39. The number of hydrogen-bond donors (Lipinski definition) is 0. The molecule has 1 aromatic rings. The molecule has 0 saturated carbocycles. The van der Waals surface area contributed by atoms with Crippen LogP contribution in [0.2, 0.25) is 0 Å². The van der Waals surface area contributed by atoms with Crippen LogP contribution in [0.1, 0.15) is 43.5 Å². The van der Waals surface area contributed by atoms with Crippen LogP contribution in [0.4, 0.5) is 0 Å². The highest BCUT2D eigenvalue weighted by Crippen LogP contribution is 2.25. The van der Waals surface area contributed by atoms with E-state index in [0.717, 1.165) is 31.3 Å². The Morgan fingerprint density at radius 2 is 2.05 bits per heavy atom. The van der Waals surface area contributed by atoms with Crippen molar-refractivity contribution in [3.8, 4) is 5.75 Å². The molecular weight excluding hydrogens is 256 g/mol. The van der Waals surface area contributed by atoms with Gasteiger partial charge in [0.15, 0.2) is 5.79 Å². The van der Waals surface area contributed by atoms with Crippen molar-refractivity contribution in [3.05, 3.63) is 29.8 Å². The number of ether oxygens (including phenoxy) is 3. The van der Waals surface area contributed by atoms with E-state index in [1.54, 1.807) is 12.1 Å². The largest absolute Gasteiger partial charge is 0.494 e. The highest BCUT2D eigenvalue weighted by molar-refractivity contribution is 5.74. The van der Waals surface area contributed by atoms with Gasteiger partial charge in [0.2, 0.25) is 0 Å². The van der Waals surface area contributed by atoms with E-state index in [-0.39, 0.29) is 6.10 Å². The quantitative estimate of drug-likeness (QED) is 0.567. The Balaban J connectivity index is 1.58. The molecule has 1 unspecified atom stereocenters. The van der Waals surface area contributed by atoms with E-state index in [1.165, 1.54) is 0 Å². The molecule has 110 valence electrons. The van der Waals surface area contributed by atoms with E-state index in [2.05, 4.69) is 0 Å². The lowest BCUT2D eigenvalue weighted by Gasteiger charge is -2.16. The SMILES string of the molecule is CC1(C)OCC(CCCCOc2ccc(C=O)cc2)O1. The molecular formula is C16H22O4. The van der Waals surface area contributed by atoms with Gasteiger partial charge in [0.25, 0.3) is 0 Å². The van der Waals surface area contributed by atoms with Crippen molar-refractivity contribution in [1.82, 2.24) is 0 Å². The third-order valence-electron chi connectivity index (χ3n) is 3.27. The smallest absolute Gasteiger partial charge is 0.163 e. The van der Waals surface area contributed by atoms with E-state index in [4.69, 9.17) is 14.2 Å². The van der Waals surface area contributed by atoms with Gasteiger partial charge in [-0.2, -0.15) is 0 Å². The lowest BCUT2D eigenvalue weighted by molar-refractivity contribution is -0.139. The summed E-state index contributed by atoms with van der Waals surface area (Å²) < 4.78 is 16.9. The van der Waals surface area contributed by atoms with Crippen molar-refractivity contribution < 1.29 is 19.0 Å². The molecule has 0 aliphatic carbocycles. The van der Waals surface area contributed by atoms with E-state index < -0.39 is 5.79 Å². The molecule has 1 atom stereocenters. The second-order valence-corrected chi connectivity index (χ2v) is 5.48. The second-order valence-electron chi connectivity index (χ2n) is 5.48. The van der Waals surface area contributed by atoms with E-state index in [9.17, 15) is 4.79 Å². The lowest BCUT2D eigenvalue weighted by Crippen LogP contribution is -2.21. The summed E-state index contributed by atoms with van der Waals surface area (Å²) in [5.74, 6) is 0.374. The first-order valence-corrected chi connectivity index (χ1v) is 7.09. The highest BCUT2D eigenvalue weighted by Gasteiger charge is 2.31. The van der Waals surface area contributed by atoms with E-state index in [0.29, 0.717) is 18.8 Å². The fraction of sp³-hybridized carbons (Fsp3) is 0.562. The third-order valence-corrected chi connectivity index (χ3v) is 3.27. The van der Waals surface area contributed by atoms with Gasteiger partial charge in [-0.25, -0.2) is 0 Å². The van der Waals surface area contributed by atoms with Gasteiger partial charge in [0.1, 0.15) is 12.0 Å². The maximum Gasteiger partial charge on any atom is 0.163 e. The molecule has 0 spiro atoms. The van der Waals surface area contributed by atoms with Gasteiger partial charge in [-0.1, -0.05) is 0 Å². The van der Waals surface area contributed by atoms with E-state index >= 15 is 0 Å². The molecule has 1 aliphatic rings. The van der Waals surface area contributed by atoms with Gasteiger partial charge in [0, 0.05) is 5.56 Å². The van der Waals surface area contributed by atoms with Crippen LogP contribution in [-0.4, -0.2) is 31.4 Å². The highest BCUT2D eigenvalue weighted by atomic mass is 16.7. The Morgan fingerprint density at radius 1 is 1.30 bits per heavy atom. The first-order chi connectivity index (χ1) is 9.59. The molecule has 1 aromatic carbocycles. The van der Waals surface area contributed by atoms with Crippen LogP contribution in [0.5, 0.6) is 5.75 Å². The standard InChI is InChI=1S/C16H22O4/c1-16(2)19-12-15(20-16)5-3-4-10-18-14-8-6-13(11-17)7-9-14/h6-9,11,15H,3-5,10,12H2,1-2H3. The molecule has 1 heterocycles. The number of aldehydes is 1. The number of hydrogen-bond acceptors (Lipinski definition) is 4. The fourth-order valence-electron chi connectivity index (χ4n) is 2.21. The van der Waals surface area contributed by atoms with Crippen molar-refractivity contribution in [2.45, 2.75) is 45.0 Å². The zero-order valence-electron chi connectivity index (χ0n) is 12.1. The monoisotopic (exact) mass is 278 g/mol. The summed E-state index contributed by atoms with van der Waals surface area (Å²) in [5.41, 5.74) is 0.665. The van der Waals surface area contributed by atoms with Crippen molar-refractivity contribution in [2.24, 2.45) is 0 Å². The van der Waals surface area contributed by atoms with Gasteiger partial charge in [-0.3, -0.25) is 4.79 Å². The Morgan fingerprint density at radius 3 is 2.65 bits per heavy atom. The van der Waals surface area contributed by atoms with Gasteiger partial charge in [-0.15, -0.1) is 0 Å². The molecule has 1 fully saturated rings. The predicted molar refractivity (Wildman–Crippen MR) is 76.1 cm³/mol. The van der Waals surface area contributed by atoms with Crippen LogP contribution in [0, 0.1) is 0 Å². The zero-order valence-corrected chi connectivity index (χ0v) is 12.1. The van der Waals surface area contributed by atoms with Crippen LogP contribution < -0.4 is 4.74 Å². The molecule has 1 aliphatic heterocycles. The Labute approximate surface area is 120 Å². The van der Waals surface area contributed by atoms with Gasteiger partial charge in [-0.05, 0) is 57.4 Å². The van der Waals surface area contributed by atoms with Gasteiger partial charge < -0.3 is 14.2 Å². The number of carbonyl (C=O) groups is 1. The molecule has 4 heteroatoms. The molecule has 0 N–H and O–H groups in total. The van der Waals surface area contributed by atoms with Crippen molar-refractivity contribution >= 4 is 6.29 Å². The van der Waals surface area contributed by atoms with E-state index in [1.807, 2.05) is 26.0 Å². The van der Waals surface area contributed by atoms with Crippen molar-refractivity contribution in [3.63, 3.8) is 0 Å². The number of rotatable bonds is 7. The number of unbranched alkanes of at least 4 members (excludes halogenated alkanes) is 1. The molecule has 0 radical (unpaired) electrons. The topological polar surface area (TPSA) is 44.8 Å². The average Bonchev–Trinajstić information content (AvgIpc) is 2.78. The minimum Gasteiger partial charge on any atom is -0.494 e. The number of benzene rings is 1. The third kappa shape index (κ3) is 4.62. The lowest BCUT2D eigenvalue weighted by atomic mass is 10.1. The first-order valence-electron chi connectivity index (χ1n) is 7.09. The van der Waals surface area contributed by atoms with Gasteiger partial charge in [0.05, 0.1) is 19.3 Å². The molecule has 0 aromatic heterocycles. The average molecular weight is 278 g/mol. The summed E-state index contributed by atoms with van der Waals surface area (Å²) in [6.45, 7) is 5.25. The van der Waals surface area contributed by atoms with Crippen LogP contribution in [0.15, 0.2) is 24.3 Å². The first kappa shape index (κ1) is 15.0. The Bertz CT molecular complexity index is 425. The van der Waals surface area contributed by atoms with Crippen LogP contribution in [0.3, 0.4) is 0 Å². The summed E-state index contributed by atoms with van der Waals surface area (Å²) in [5, 5.41) is 0. The van der Waals surface area contributed by atoms with Crippen LogP contribution in [-0.2, 0) is 9.47 Å². The second kappa shape index (κ2) is 6.86. The Kier molecular flexibility index (Phi) is 5.15. The molecule has 0 bridgehead atoms. The molecule has 1 saturated heterocycles. The summed E-state index contributed by atoms with van der Waals surface area (Å²) in [4.78, 5) is 10.5. The zero-order chi connectivity index (χ0) is 14.4. The summed E-state index contributed by atoms with van der Waals surface area (Å²) >= 11 is 0. The van der Waals surface area contributed by atoms with Crippen molar-refractivity contribution in [1.29, 1.82) is 0 Å². The fourth-order valence-corrected chi connectivity index (χ4v) is 2.21. The predicted octanol–water partition coefficient (Wildman–Crippen LogP) is 3.20. The van der Waals surface area contributed by atoms with Gasteiger partial charge >= 0.3 is 0 Å². The summed E-state index contributed by atoms with van der Waals surface area (Å²) in [6.07, 6.45) is 4.06. The maximum atomic E-state index is 10.5. The van der Waals surface area contributed by atoms with Crippen molar-refractivity contribution in [2.75, 3.05) is 13.2 Å².